The van der Waals surface area contributed by atoms with Crippen LogP contribution in [0.2, 0.25) is 0 Å². The molecule has 0 spiro atoms. The molecule has 2 heterocycles. The van der Waals surface area contributed by atoms with Crippen LogP contribution in [-0.2, 0) is 11.2 Å². The van der Waals surface area contributed by atoms with E-state index in [1.54, 1.807) is 0 Å². The van der Waals surface area contributed by atoms with Crippen LogP contribution in [-0.4, -0.2) is 26.3 Å². The van der Waals surface area contributed by atoms with Gasteiger partial charge in [-0.3, -0.25) is 0 Å². The minimum atomic E-state index is 0.655. The van der Waals surface area contributed by atoms with Crippen LogP contribution in [0.1, 0.15) is 23.5 Å². The number of rotatable bonds is 3. The van der Waals surface area contributed by atoms with Gasteiger partial charge in [0, 0.05) is 5.92 Å². The van der Waals surface area contributed by atoms with E-state index >= 15 is 0 Å². The van der Waals surface area contributed by atoms with Crippen molar-refractivity contribution in [3.05, 3.63) is 35.4 Å². The first-order chi connectivity index (χ1) is 7.92. The topological polar surface area (TPSA) is 21.3 Å². The predicted molar refractivity (Wildman–Crippen MR) is 64.7 cm³/mol. The fourth-order valence-corrected chi connectivity index (χ4v) is 2.58. The summed E-state index contributed by atoms with van der Waals surface area (Å²) in [6, 6.07) is 9.16. The zero-order valence-corrected chi connectivity index (χ0v) is 9.61. The van der Waals surface area contributed by atoms with Gasteiger partial charge in [-0.2, -0.15) is 0 Å². The van der Waals surface area contributed by atoms with Crippen LogP contribution in [0, 0.1) is 5.92 Å². The van der Waals surface area contributed by atoms with Crippen LogP contribution in [0.4, 0.5) is 0 Å². The maximum absolute atomic E-state index is 5.22. The Hall–Kier alpha value is -0.860. The zero-order chi connectivity index (χ0) is 10.8. The molecule has 1 N–H and O–H groups in total. The van der Waals surface area contributed by atoms with E-state index in [1.165, 1.54) is 37.1 Å². The van der Waals surface area contributed by atoms with E-state index in [9.17, 15) is 0 Å². The first kappa shape index (κ1) is 10.3. The van der Waals surface area contributed by atoms with Crippen molar-refractivity contribution >= 4 is 0 Å². The van der Waals surface area contributed by atoms with Gasteiger partial charge in [0.2, 0.25) is 0 Å². The maximum atomic E-state index is 5.22. The Morgan fingerprint density at radius 3 is 2.56 bits per heavy atom. The van der Waals surface area contributed by atoms with Crippen molar-refractivity contribution in [3.8, 4) is 0 Å². The van der Waals surface area contributed by atoms with Gasteiger partial charge in [-0.1, -0.05) is 24.3 Å². The van der Waals surface area contributed by atoms with Crippen LogP contribution >= 0.6 is 0 Å². The Morgan fingerprint density at radius 1 is 1.19 bits per heavy atom. The predicted octanol–water partition coefficient (Wildman–Crippen LogP) is 1.95. The lowest BCUT2D eigenvalue weighted by atomic mass is 9.93. The van der Waals surface area contributed by atoms with Crippen molar-refractivity contribution in [2.45, 2.75) is 18.8 Å². The Bertz CT molecular complexity index is 336. The molecule has 2 fully saturated rings. The average molecular weight is 217 g/mol. The summed E-state index contributed by atoms with van der Waals surface area (Å²) in [7, 11) is 0. The third-order valence-corrected chi connectivity index (χ3v) is 3.78. The SMILES string of the molecule is c1cc(C2COC2)ccc1CC1CCNC1. The second kappa shape index (κ2) is 4.56. The molecule has 2 heteroatoms. The summed E-state index contributed by atoms with van der Waals surface area (Å²) in [6.45, 7) is 4.21. The highest BCUT2D eigenvalue weighted by molar-refractivity contribution is 5.27. The van der Waals surface area contributed by atoms with E-state index in [0.29, 0.717) is 5.92 Å². The highest BCUT2D eigenvalue weighted by Gasteiger charge is 2.20. The van der Waals surface area contributed by atoms with Crippen LogP contribution in [0.5, 0.6) is 0 Å². The van der Waals surface area contributed by atoms with Crippen molar-refractivity contribution in [3.63, 3.8) is 0 Å². The molecule has 2 saturated heterocycles. The minimum Gasteiger partial charge on any atom is -0.380 e. The fourth-order valence-electron chi connectivity index (χ4n) is 2.58. The molecule has 2 nitrogen and oxygen atoms in total. The summed E-state index contributed by atoms with van der Waals surface area (Å²) >= 11 is 0. The molecule has 0 aromatic heterocycles. The Morgan fingerprint density at radius 2 is 2.00 bits per heavy atom. The molecule has 16 heavy (non-hydrogen) atoms. The van der Waals surface area contributed by atoms with E-state index in [-0.39, 0.29) is 0 Å². The van der Waals surface area contributed by atoms with E-state index < -0.39 is 0 Å². The quantitative estimate of drug-likeness (QED) is 0.835. The van der Waals surface area contributed by atoms with Crippen LogP contribution in [0.15, 0.2) is 24.3 Å². The molecule has 0 radical (unpaired) electrons. The van der Waals surface area contributed by atoms with Crippen molar-refractivity contribution < 1.29 is 4.74 Å². The summed E-state index contributed by atoms with van der Waals surface area (Å²) in [6.07, 6.45) is 2.56. The molecule has 1 aromatic carbocycles. The van der Waals surface area contributed by atoms with E-state index in [4.69, 9.17) is 4.74 Å². The van der Waals surface area contributed by atoms with Gasteiger partial charge in [0.15, 0.2) is 0 Å². The summed E-state index contributed by atoms with van der Waals surface area (Å²) in [5.74, 6) is 1.50. The maximum Gasteiger partial charge on any atom is 0.0557 e. The smallest absolute Gasteiger partial charge is 0.0557 e. The highest BCUT2D eigenvalue weighted by Crippen LogP contribution is 2.24. The lowest BCUT2D eigenvalue weighted by Gasteiger charge is -2.26. The largest absolute Gasteiger partial charge is 0.380 e. The number of hydrogen-bond acceptors (Lipinski definition) is 2. The zero-order valence-electron chi connectivity index (χ0n) is 9.61. The Kier molecular flexibility index (Phi) is 2.94. The van der Waals surface area contributed by atoms with Crippen molar-refractivity contribution in [2.75, 3.05) is 26.3 Å². The van der Waals surface area contributed by atoms with Crippen LogP contribution < -0.4 is 5.32 Å². The summed E-state index contributed by atoms with van der Waals surface area (Å²) in [5, 5.41) is 3.42. The summed E-state index contributed by atoms with van der Waals surface area (Å²) < 4.78 is 5.22. The molecular formula is C14H19NO. The number of hydrogen-bond donors (Lipinski definition) is 1. The van der Waals surface area contributed by atoms with E-state index in [1.807, 2.05) is 0 Å². The van der Waals surface area contributed by atoms with Gasteiger partial charge in [-0.25, -0.2) is 0 Å². The van der Waals surface area contributed by atoms with Gasteiger partial charge < -0.3 is 10.1 Å². The monoisotopic (exact) mass is 217 g/mol. The molecule has 86 valence electrons. The number of nitrogens with one attached hydrogen (secondary N) is 1. The van der Waals surface area contributed by atoms with Gasteiger partial charge in [0.05, 0.1) is 13.2 Å². The normalized spacial score (nSPS) is 25.6. The lowest BCUT2D eigenvalue weighted by Crippen LogP contribution is -2.24. The van der Waals surface area contributed by atoms with Gasteiger partial charge in [-0.15, -0.1) is 0 Å². The third kappa shape index (κ3) is 2.13. The minimum absolute atomic E-state index is 0.655. The van der Waals surface area contributed by atoms with Gasteiger partial charge in [0.25, 0.3) is 0 Å². The number of ether oxygens (including phenoxy) is 1. The number of benzene rings is 1. The molecule has 3 rings (SSSR count). The van der Waals surface area contributed by atoms with Crippen molar-refractivity contribution in [1.82, 2.24) is 5.32 Å². The second-order valence-corrected chi connectivity index (χ2v) is 5.04. The van der Waals surface area contributed by atoms with Crippen molar-refractivity contribution in [1.29, 1.82) is 0 Å². The van der Waals surface area contributed by atoms with Crippen LogP contribution in [0.25, 0.3) is 0 Å². The summed E-state index contributed by atoms with van der Waals surface area (Å²) in [4.78, 5) is 0. The molecule has 1 unspecified atom stereocenters. The molecule has 2 aliphatic rings. The second-order valence-electron chi connectivity index (χ2n) is 5.04. The standard InChI is InChI=1S/C14H19NO/c1-3-13(14-9-16-10-14)4-2-11(1)7-12-5-6-15-8-12/h1-4,12,14-15H,5-10H2. The lowest BCUT2D eigenvalue weighted by molar-refractivity contribution is 0.00841. The fraction of sp³-hybridized carbons (Fsp3) is 0.571. The molecule has 0 amide bonds. The van der Waals surface area contributed by atoms with Crippen LogP contribution in [0.3, 0.4) is 0 Å². The third-order valence-electron chi connectivity index (χ3n) is 3.78. The molecule has 0 bridgehead atoms. The Balaban J connectivity index is 1.62. The molecule has 1 aromatic rings. The van der Waals surface area contributed by atoms with Gasteiger partial charge in [0.1, 0.15) is 0 Å². The highest BCUT2D eigenvalue weighted by atomic mass is 16.5. The van der Waals surface area contributed by atoms with E-state index in [0.717, 1.165) is 19.1 Å². The molecule has 0 aliphatic carbocycles. The van der Waals surface area contributed by atoms with Gasteiger partial charge >= 0.3 is 0 Å². The summed E-state index contributed by atoms with van der Waals surface area (Å²) in [5.41, 5.74) is 2.93. The Labute approximate surface area is 97.0 Å². The average Bonchev–Trinajstić information content (AvgIpc) is 2.71. The van der Waals surface area contributed by atoms with Crippen molar-refractivity contribution in [2.24, 2.45) is 5.92 Å². The molecule has 2 aliphatic heterocycles. The van der Waals surface area contributed by atoms with Gasteiger partial charge in [-0.05, 0) is 43.0 Å². The molecule has 1 atom stereocenters. The first-order valence-corrected chi connectivity index (χ1v) is 6.29. The molecule has 0 saturated carbocycles. The molecular weight excluding hydrogens is 198 g/mol. The van der Waals surface area contributed by atoms with E-state index in [2.05, 4.69) is 29.6 Å². The first-order valence-electron chi connectivity index (χ1n) is 6.29.